The SMILES string of the molecule is O=[N+]([O-])c1ccc(Sc2cc(C(F)(F)F)nc(Cl)n2)cc1. The van der Waals surface area contributed by atoms with Gasteiger partial charge in [-0.3, -0.25) is 10.1 Å². The fraction of sp³-hybridized carbons (Fsp3) is 0.0909. The zero-order chi connectivity index (χ0) is 15.6. The minimum Gasteiger partial charge on any atom is -0.258 e. The van der Waals surface area contributed by atoms with E-state index in [4.69, 9.17) is 11.6 Å². The number of nitro groups is 1. The van der Waals surface area contributed by atoms with E-state index in [0.29, 0.717) is 4.90 Å². The number of alkyl halides is 3. The standard InChI is InChI=1S/C11H5ClF3N3O2S/c12-10-16-8(11(13,14)15)5-9(17-10)21-7-3-1-6(2-4-7)18(19)20/h1-5H. The van der Waals surface area contributed by atoms with E-state index in [-0.39, 0.29) is 10.7 Å². The van der Waals surface area contributed by atoms with Crippen LogP contribution < -0.4 is 0 Å². The molecule has 1 aromatic carbocycles. The molecule has 0 aliphatic heterocycles. The van der Waals surface area contributed by atoms with E-state index in [0.717, 1.165) is 17.8 Å². The smallest absolute Gasteiger partial charge is 0.258 e. The second-order valence-electron chi connectivity index (χ2n) is 3.71. The Hall–Kier alpha value is -1.87. The molecule has 0 aliphatic rings. The summed E-state index contributed by atoms with van der Waals surface area (Å²) in [5.74, 6) is 0. The van der Waals surface area contributed by atoms with Gasteiger partial charge in [0.2, 0.25) is 5.28 Å². The Labute approximate surface area is 125 Å². The van der Waals surface area contributed by atoms with Crippen LogP contribution in [0.2, 0.25) is 5.28 Å². The molecule has 2 aromatic rings. The summed E-state index contributed by atoms with van der Waals surface area (Å²) < 4.78 is 37.8. The predicted molar refractivity (Wildman–Crippen MR) is 69.3 cm³/mol. The molecule has 0 spiro atoms. The Morgan fingerprint density at radius 1 is 1.19 bits per heavy atom. The molecule has 1 aromatic heterocycles. The highest BCUT2D eigenvalue weighted by atomic mass is 35.5. The first kappa shape index (κ1) is 15.5. The van der Waals surface area contributed by atoms with Crippen molar-refractivity contribution in [3.8, 4) is 0 Å². The lowest BCUT2D eigenvalue weighted by Crippen LogP contribution is -2.09. The highest BCUT2D eigenvalue weighted by molar-refractivity contribution is 7.99. The van der Waals surface area contributed by atoms with Crippen LogP contribution in [0.4, 0.5) is 18.9 Å². The first-order valence-corrected chi connectivity index (χ1v) is 6.49. The van der Waals surface area contributed by atoms with Gasteiger partial charge in [0.25, 0.3) is 5.69 Å². The largest absolute Gasteiger partial charge is 0.433 e. The maximum atomic E-state index is 12.6. The quantitative estimate of drug-likeness (QED) is 0.364. The molecule has 110 valence electrons. The Bertz CT molecular complexity index is 679. The highest BCUT2D eigenvalue weighted by Crippen LogP contribution is 2.33. The molecule has 5 nitrogen and oxygen atoms in total. The second kappa shape index (κ2) is 5.86. The zero-order valence-corrected chi connectivity index (χ0v) is 11.5. The summed E-state index contributed by atoms with van der Waals surface area (Å²) in [5.41, 5.74) is -1.26. The van der Waals surface area contributed by atoms with Crippen molar-refractivity contribution in [2.75, 3.05) is 0 Å². The van der Waals surface area contributed by atoms with E-state index in [1.54, 1.807) is 0 Å². The van der Waals surface area contributed by atoms with Crippen LogP contribution in [-0.2, 0) is 6.18 Å². The first-order valence-electron chi connectivity index (χ1n) is 5.30. The zero-order valence-electron chi connectivity index (χ0n) is 9.96. The number of rotatable bonds is 3. The minimum atomic E-state index is -4.63. The van der Waals surface area contributed by atoms with Crippen molar-refractivity contribution in [1.82, 2.24) is 9.97 Å². The Kier molecular flexibility index (Phi) is 4.33. The number of hydrogen-bond acceptors (Lipinski definition) is 5. The highest BCUT2D eigenvalue weighted by Gasteiger charge is 2.33. The van der Waals surface area contributed by atoms with Gasteiger partial charge < -0.3 is 0 Å². The van der Waals surface area contributed by atoms with Gasteiger partial charge in [-0.15, -0.1) is 0 Å². The molecule has 0 saturated carbocycles. The molecule has 0 radical (unpaired) electrons. The number of aromatic nitrogens is 2. The van der Waals surface area contributed by atoms with Gasteiger partial charge in [-0.1, -0.05) is 11.8 Å². The third-order valence-corrected chi connectivity index (χ3v) is 3.33. The molecule has 21 heavy (non-hydrogen) atoms. The molecule has 2 rings (SSSR count). The lowest BCUT2D eigenvalue weighted by Gasteiger charge is -2.07. The number of benzene rings is 1. The Morgan fingerprint density at radius 3 is 2.33 bits per heavy atom. The average molecular weight is 336 g/mol. The maximum absolute atomic E-state index is 12.6. The van der Waals surface area contributed by atoms with Crippen LogP contribution in [0.3, 0.4) is 0 Å². The van der Waals surface area contributed by atoms with Crippen LogP contribution in [0.25, 0.3) is 0 Å². The van der Waals surface area contributed by atoms with E-state index >= 15 is 0 Å². The van der Waals surface area contributed by atoms with Crippen molar-refractivity contribution in [2.24, 2.45) is 0 Å². The summed E-state index contributed by atoms with van der Waals surface area (Å²) in [6.45, 7) is 0. The maximum Gasteiger partial charge on any atom is 0.433 e. The van der Waals surface area contributed by atoms with Gasteiger partial charge in [0, 0.05) is 23.1 Å². The number of halogens is 4. The molecule has 1 heterocycles. The normalized spacial score (nSPS) is 11.4. The molecule has 0 bridgehead atoms. The van der Waals surface area contributed by atoms with E-state index in [9.17, 15) is 23.3 Å². The topological polar surface area (TPSA) is 68.9 Å². The monoisotopic (exact) mass is 335 g/mol. The summed E-state index contributed by atoms with van der Waals surface area (Å²) in [5, 5.41) is 9.98. The van der Waals surface area contributed by atoms with Crippen molar-refractivity contribution in [1.29, 1.82) is 0 Å². The Morgan fingerprint density at radius 2 is 1.81 bits per heavy atom. The number of nitro benzene ring substituents is 1. The van der Waals surface area contributed by atoms with Crippen molar-refractivity contribution in [3.63, 3.8) is 0 Å². The fourth-order valence-corrected chi connectivity index (χ4v) is 2.40. The molecule has 0 saturated heterocycles. The molecule has 0 N–H and O–H groups in total. The second-order valence-corrected chi connectivity index (χ2v) is 5.14. The third-order valence-electron chi connectivity index (χ3n) is 2.24. The summed E-state index contributed by atoms with van der Waals surface area (Å²) >= 11 is 6.36. The first-order chi connectivity index (χ1) is 9.75. The molecule has 10 heteroatoms. The third kappa shape index (κ3) is 4.05. The van der Waals surface area contributed by atoms with Crippen LogP contribution in [0.1, 0.15) is 5.69 Å². The molecular formula is C11H5ClF3N3O2S. The van der Waals surface area contributed by atoms with E-state index in [2.05, 4.69) is 9.97 Å². The minimum absolute atomic E-state index is 0.00354. The van der Waals surface area contributed by atoms with Crippen LogP contribution in [-0.4, -0.2) is 14.9 Å². The lowest BCUT2D eigenvalue weighted by atomic mass is 10.3. The molecule has 0 unspecified atom stereocenters. The van der Waals surface area contributed by atoms with Crippen LogP contribution in [0, 0.1) is 10.1 Å². The summed E-state index contributed by atoms with van der Waals surface area (Å²) in [6, 6.07) is 6.07. The van der Waals surface area contributed by atoms with E-state index < -0.39 is 22.1 Å². The molecule has 0 amide bonds. The van der Waals surface area contributed by atoms with Gasteiger partial charge >= 0.3 is 6.18 Å². The van der Waals surface area contributed by atoms with Gasteiger partial charge in [0.1, 0.15) is 5.03 Å². The van der Waals surface area contributed by atoms with E-state index in [1.807, 2.05) is 0 Å². The number of non-ortho nitro benzene ring substituents is 1. The molecule has 0 aliphatic carbocycles. The van der Waals surface area contributed by atoms with E-state index in [1.165, 1.54) is 24.3 Å². The summed E-state index contributed by atoms with van der Waals surface area (Å²) in [6.07, 6.45) is -4.63. The molecule has 0 fully saturated rings. The summed E-state index contributed by atoms with van der Waals surface area (Å²) in [7, 11) is 0. The van der Waals surface area contributed by atoms with Gasteiger partial charge in [-0.25, -0.2) is 9.97 Å². The number of hydrogen-bond donors (Lipinski definition) is 0. The van der Waals surface area contributed by atoms with Crippen LogP contribution >= 0.6 is 23.4 Å². The Balaban J connectivity index is 2.27. The van der Waals surface area contributed by atoms with Crippen molar-refractivity contribution in [2.45, 2.75) is 16.1 Å². The van der Waals surface area contributed by atoms with Crippen molar-refractivity contribution < 1.29 is 18.1 Å². The van der Waals surface area contributed by atoms with Crippen molar-refractivity contribution >= 4 is 29.1 Å². The number of nitrogens with zero attached hydrogens (tertiary/aromatic N) is 3. The lowest BCUT2D eigenvalue weighted by molar-refractivity contribution is -0.384. The average Bonchev–Trinajstić information content (AvgIpc) is 2.37. The summed E-state index contributed by atoms with van der Waals surface area (Å²) in [4.78, 5) is 17.2. The van der Waals surface area contributed by atoms with Gasteiger partial charge in [-0.2, -0.15) is 13.2 Å². The molecule has 0 atom stereocenters. The molecular weight excluding hydrogens is 331 g/mol. The van der Waals surface area contributed by atoms with Crippen LogP contribution in [0.15, 0.2) is 40.3 Å². The van der Waals surface area contributed by atoms with Gasteiger partial charge in [0.05, 0.1) is 4.92 Å². The van der Waals surface area contributed by atoms with Gasteiger partial charge in [0.15, 0.2) is 5.69 Å². The fourth-order valence-electron chi connectivity index (χ4n) is 1.35. The van der Waals surface area contributed by atoms with Gasteiger partial charge in [-0.05, 0) is 23.7 Å². The van der Waals surface area contributed by atoms with Crippen LogP contribution in [0.5, 0.6) is 0 Å². The van der Waals surface area contributed by atoms with Crippen molar-refractivity contribution in [3.05, 3.63) is 51.4 Å². The predicted octanol–water partition coefficient (Wildman–Crippen LogP) is 4.21.